The summed E-state index contributed by atoms with van der Waals surface area (Å²) in [6.07, 6.45) is 4.38. The topological polar surface area (TPSA) is 58.2 Å². The molecule has 0 aromatic heterocycles. The lowest BCUT2D eigenvalue weighted by Crippen LogP contribution is -2.45. The summed E-state index contributed by atoms with van der Waals surface area (Å²) in [4.78, 5) is 22.8. The van der Waals surface area contributed by atoms with Gasteiger partial charge in [0.2, 0.25) is 11.8 Å². The van der Waals surface area contributed by atoms with Crippen LogP contribution < -0.4 is 10.6 Å². The SMILES string of the molecule is CC1(C)CCC(NC(=O)[C@@H]2CCC(=O)N2)C1. The van der Waals surface area contributed by atoms with Crippen molar-refractivity contribution in [1.82, 2.24) is 10.6 Å². The molecule has 0 radical (unpaired) electrons. The summed E-state index contributed by atoms with van der Waals surface area (Å²) in [5.74, 6) is -0.0135. The fraction of sp³-hybridized carbons (Fsp3) is 0.833. The van der Waals surface area contributed by atoms with E-state index in [2.05, 4.69) is 24.5 Å². The highest BCUT2D eigenvalue weighted by atomic mass is 16.2. The van der Waals surface area contributed by atoms with Crippen LogP contribution in [0.15, 0.2) is 0 Å². The Morgan fingerprint density at radius 2 is 2.19 bits per heavy atom. The number of nitrogens with one attached hydrogen (secondary N) is 2. The molecular formula is C12H20N2O2. The van der Waals surface area contributed by atoms with Gasteiger partial charge < -0.3 is 10.6 Å². The fourth-order valence-corrected chi connectivity index (χ4v) is 2.67. The molecule has 2 amide bonds. The smallest absolute Gasteiger partial charge is 0.242 e. The molecule has 1 saturated carbocycles. The fourth-order valence-electron chi connectivity index (χ4n) is 2.67. The van der Waals surface area contributed by atoms with E-state index in [4.69, 9.17) is 0 Å². The van der Waals surface area contributed by atoms with Crippen LogP contribution in [0.4, 0.5) is 0 Å². The number of carbonyl (C=O) groups is 2. The third kappa shape index (κ3) is 2.54. The molecule has 0 aromatic rings. The van der Waals surface area contributed by atoms with E-state index in [0.29, 0.717) is 24.3 Å². The van der Waals surface area contributed by atoms with Crippen LogP contribution >= 0.6 is 0 Å². The van der Waals surface area contributed by atoms with E-state index in [-0.39, 0.29) is 17.9 Å². The monoisotopic (exact) mass is 224 g/mol. The quantitative estimate of drug-likeness (QED) is 0.734. The number of hydrogen-bond donors (Lipinski definition) is 2. The lowest BCUT2D eigenvalue weighted by molar-refractivity contribution is -0.126. The minimum atomic E-state index is -0.295. The van der Waals surface area contributed by atoms with Gasteiger partial charge in [0, 0.05) is 12.5 Å². The molecule has 1 aliphatic heterocycles. The molecule has 4 nitrogen and oxygen atoms in total. The van der Waals surface area contributed by atoms with Gasteiger partial charge in [0.25, 0.3) is 0 Å². The molecule has 2 rings (SSSR count). The van der Waals surface area contributed by atoms with Crippen molar-refractivity contribution in [1.29, 1.82) is 0 Å². The summed E-state index contributed by atoms with van der Waals surface area (Å²) in [7, 11) is 0. The van der Waals surface area contributed by atoms with Gasteiger partial charge in [0.1, 0.15) is 6.04 Å². The average Bonchev–Trinajstić information content (AvgIpc) is 2.73. The number of amides is 2. The van der Waals surface area contributed by atoms with Gasteiger partial charge in [0.05, 0.1) is 0 Å². The Kier molecular flexibility index (Phi) is 2.91. The highest BCUT2D eigenvalue weighted by Gasteiger charge is 2.34. The summed E-state index contributed by atoms with van der Waals surface area (Å²) < 4.78 is 0. The summed E-state index contributed by atoms with van der Waals surface area (Å²) in [5.41, 5.74) is 0.344. The number of carbonyl (C=O) groups excluding carboxylic acids is 2. The van der Waals surface area contributed by atoms with Gasteiger partial charge in [-0.25, -0.2) is 0 Å². The van der Waals surface area contributed by atoms with Gasteiger partial charge >= 0.3 is 0 Å². The van der Waals surface area contributed by atoms with E-state index in [1.165, 1.54) is 0 Å². The van der Waals surface area contributed by atoms with Gasteiger partial charge in [-0.3, -0.25) is 9.59 Å². The van der Waals surface area contributed by atoms with E-state index in [9.17, 15) is 9.59 Å². The van der Waals surface area contributed by atoms with Crippen LogP contribution in [-0.2, 0) is 9.59 Å². The molecule has 0 aromatic carbocycles. The maximum absolute atomic E-state index is 11.8. The van der Waals surface area contributed by atoms with Crippen molar-refractivity contribution in [2.24, 2.45) is 5.41 Å². The molecule has 16 heavy (non-hydrogen) atoms. The van der Waals surface area contributed by atoms with Crippen LogP contribution in [0.5, 0.6) is 0 Å². The Labute approximate surface area is 96.2 Å². The van der Waals surface area contributed by atoms with E-state index in [1.807, 2.05) is 0 Å². The predicted molar refractivity (Wildman–Crippen MR) is 60.7 cm³/mol. The second kappa shape index (κ2) is 4.07. The highest BCUT2D eigenvalue weighted by molar-refractivity contribution is 5.90. The van der Waals surface area contributed by atoms with E-state index >= 15 is 0 Å². The second-order valence-electron chi connectivity index (χ2n) is 5.77. The normalized spacial score (nSPS) is 32.5. The maximum atomic E-state index is 11.8. The highest BCUT2D eigenvalue weighted by Crippen LogP contribution is 2.36. The van der Waals surface area contributed by atoms with E-state index in [0.717, 1.165) is 19.3 Å². The Hall–Kier alpha value is -1.06. The van der Waals surface area contributed by atoms with Crippen molar-refractivity contribution in [2.75, 3.05) is 0 Å². The van der Waals surface area contributed by atoms with Crippen LogP contribution in [0.1, 0.15) is 46.0 Å². The molecule has 1 saturated heterocycles. The first-order chi connectivity index (χ1) is 7.46. The summed E-state index contributed by atoms with van der Waals surface area (Å²) >= 11 is 0. The van der Waals surface area contributed by atoms with Crippen molar-refractivity contribution in [3.8, 4) is 0 Å². The predicted octanol–water partition coefficient (Wildman–Crippen LogP) is 0.960. The summed E-state index contributed by atoms with van der Waals surface area (Å²) in [6, 6.07) is -0.00351. The number of hydrogen-bond acceptors (Lipinski definition) is 2. The Bertz CT molecular complexity index is 312. The van der Waals surface area contributed by atoms with Crippen LogP contribution in [0.2, 0.25) is 0 Å². The van der Waals surface area contributed by atoms with Gasteiger partial charge in [-0.1, -0.05) is 13.8 Å². The molecule has 0 spiro atoms. The summed E-state index contributed by atoms with van der Waals surface area (Å²) in [6.45, 7) is 4.47. The van der Waals surface area contributed by atoms with E-state index < -0.39 is 0 Å². The molecule has 2 aliphatic rings. The van der Waals surface area contributed by atoms with Gasteiger partial charge in [-0.05, 0) is 31.1 Å². The molecule has 4 heteroatoms. The molecule has 1 unspecified atom stereocenters. The molecule has 1 aliphatic carbocycles. The van der Waals surface area contributed by atoms with Crippen molar-refractivity contribution in [2.45, 2.75) is 58.0 Å². The first kappa shape index (κ1) is 11.4. The van der Waals surface area contributed by atoms with Crippen LogP contribution in [0.3, 0.4) is 0 Å². The Morgan fingerprint density at radius 3 is 2.69 bits per heavy atom. The standard InChI is InChI=1S/C12H20N2O2/c1-12(2)6-5-8(7-12)13-11(16)9-3-4-10(15)14-9/h8-9H,3-7H2,1-2H3,(H,13,16)(H,14,15)/t8?,9-/m0/s1. The van der Waals surface area contributed by atoms with Crippen LogP contribution in [0.25, 0.3) is 0 Å². The van der Waals surface area contributed by atoms with Crippen LogP contribution in [-0.4, -0.2) is 23.9 Å². The Balaban J connectivity index is 1.82. The van der Waals surface area contributed by atoms with Crippen molar-refractivity contribution in [3.63, 3.8) is 0 Å². The van der Waals surface area contributed by atoms with Crippen LogP contribution in [0, 0.1) is 5.41 Å². The third-order valence-electron chi connectivity index (χ3n) is 3.63. The van der Waals surface area contributed by atoms with Crippen molar-refractivity contribution < 1.29 is 9.59 Å². The zero-order valence-corrected chi connectivity index (χ0v) is 10.0. The van der Waals surface area contributed by atoms with Crippen molar-refractivity contribution in [3.05, 3.63) is 0 Å². The minimum absolute atomic E-state index is 0.00597. The second-order valence-corrected chi connectivity index (χ2v) is 5.77. The molecule has 2 N–H and O–H groups in total. The minimum Gasteiger partial charge on any atom is -0.352 e. The molecule has 1 heterocycles. The molecule has 2 fully saturated rings. The first-order valence-corrected chi connectivity index (χ1v) is 6.06. The van der Waals surface area contributed by atoms with Crippen molar-refractivity contribution >= 4 is 11.8 Å². The summed E-state index contributed by atoms with van der Waals surface area (Å²) in [5, 5.41) is 5.74. The zero-order chi connectivity index (χ0) is 11.8. The molecule has 90 valence electrons. The maximum Gasteiger partial charge on any atom is 0.242 e. The average molecular weight is 224 g/mol. The first-order valence-electron chi connectivity index (χ1n) is 6.06. The molecular weight excluding hydrogens is 204 g/mol. The largest absolute Gasteiger partial charge is 0.352 e. The molecule has 2 atom stereocenters. The van der Waals surface area contributed by atoms with Gasteiger partial charge in [0.15, 0.2) is 0 Å². The molecule has 0 bridgehead atoms. The van der Waals surface area contributed by atoms with Gasteiger partial charge in [-0.15, -0.1) is 0 Å². The zero-order valence-electron chi connectivity index (χ0n) is 10.0. The lowest BCUT2D eigenvalue weighted by atomic mass is 9.92. The van der Waals surface area contributed by atoms with Gasteiger partial charge in [-0.2, -0.15) is 0 Å². The lowest BCUT2D eigenvalue weighted by Gasteiger charge is -2.19. The third-order valence-corrected chi connectivity index (χ3v) is 3.63. The number of rotatable bonds is 2. The Morgan fingerprint density at radius 1 is 1.44 bits per heavy atom. The van der Waals surface area contributed by atoms with E-state index in [1.54, 1.807) is 0 Å².